The van der Waals surface area contributed by atoms with Crippen LogP contribution in [0.25, 0.3) is 0 Å². The number of imidazole rings is 1. The summed E-state index contributed by atoms with van der Waals surface area (Å²) in [5.41, 5.74) is 7.12. The van der Waals surface area contributed by atoms with E-state index in [1.807, 2.05) is 29.8 Å². The molecule has 1 heterocycles. The molecule has 0 aliphatic heterocycles. The van der Waals surface area contributed by atoms with Crippen LogP contribution in [0.3, 0.4) is 0 Å². The molecule has 0 radical (unpaired) electrons. The molecule has 0 aliphatic rings. The summed E-state index contributed by atoms with van der Waals surface area (Å²) in [5.74, 6) is 0.860. The van der Waals surface area contributed by atoms with Crippen LogP contribution >= 0.6 is 0 Å². The summed E-state index contributed by atoms with van der Waals surface area (Å²) in [6.07, 6.45) is 3.57. The van der Waals surface area contributed by atoms with E-state index in [0.29, 0.717) is 17.9 Å². The first kappa shape index (κ1) is 15.3. The van der Waals surface area contributed by atoms with Gasteiger partial charge in [-0.25, -0.2) is 18.1 Å². The predicted molar refractivity (Wildman–Crippen MR) is 82.4 cm³/mol. The van der Waals surface area contributed by atoms with E-state index in [4.69, 9.17) is 5.73 Å². The summed E-state index contributed by atoms with van der Waals surface area (Å²) >= 11 is 0. The molecule has 21 heavy (non-hydrogen) atoms. The Bertz CT molecular complexity index is 739. The molecule has 0 aliphatic carbocycles. The summed E-state index contributed by atoms with van der Waals surface area (Å²) in [6.45, 7) is 0.525. The number of nitrogens with zero attached hydrogens (tertiary/aromatic N) is 3. The molecular weight excluding hydrogens is 290 g/mol. The molecule has 0 atom stereocenters. The summed E-state index contributed by atoms with van der Waals surface area (Å²) in [4.78, 5) is 6.30. The Labute approximate surface area is 124 Å². The van der Waals surface area contributed by atoms with Crippen LogP contribution in [0.5, 0.6) is 0 Å². The standard InChI is InChI=1S/C13H19N5O2S/c1-15-21(19,20)10-4-5-11(14)12(8-10)18(3)9-13-16-6-7-17(13)2/h4-8,15H,9,14H2,1-3H3. The van der Waals surface area contributed by atoms with Crippen molar-refractivity contribution in [3.8, 4) is 0 Å². The normalized spacial score (nSPS) is 11.6. The lowest BCUT2D eigenvalue weighted by Gasteiger charge is -2.21. The van der Waals surface area contributed by atoms with Gasteiger partial charge in [0.05, 0.1) is 22.8 Å². The minimum absolute atomic E-state index is 0.181. The number of nitrogen functional groups attached to an aromatic ring is 1. The maximum Gasteiger partial charge on any atom is 0.240 e. The van der Waals surface area contributed by atoms with Crippen LogP contribution in [0.4, 0.5) is 11.4 Å². The Morgan fingerprint density at radius 1 is 1.43 bits per heavy atom. The highest BCUT2D eigenvalue weighted by molar-refractivity contribution is 7.89. The average Bonchev–Trinajstić information content (AvgIpc) is 2.84. The molecule has 7 nitrogen and oxygen atoms in total. The average molecular weight is 309 g/mol. The second-order valence-electron chi connectivity index (χ2n) is 4.74. The van der Waals surface area contributed by atoms with Gasteiger partial charge in [0.1, 0.15) is 5.82 Å². The van der Waals surface area contributed by atoms with Crippen LogP contribution in [0.2, 0.25) is 0 Å². The van der Waals surface area contributed by atoms with E-state index in [-0.39, 0.29) is 4.90 Å². The van der Waals surface area contributed by atoms with Crippen molar-refractivity contribution >= 4 is 21.4 Å². The van der Waals surface area contributed by atoms with Crippen LogP contribution in [0.15, 0.2) is 35.5 Å². The van der Waals surface area contributed by atoms with Gasteiger partial charge in [0.2, 0.25) is 10.0 Å². The van der Waals surface area contributed by atoms with E-state index in [9.17, 15) is 8.42 Å². The molecule has 0 unspecified atom stereocenters. The van der Waals surface area contributed by atoms with Gasteiger partial charge in [-0.2, -0.15) is 0 Å². The molecule has 0 saturated carbocycles. The SMILES string of the molecule is CNS(=O)(=O)c1ccc(N)c(N(C)Cc2nccn2C)c1. The molecule has 3 N–H and O–H groups in total. The van der Waals surface area contributed by atoms with Crippen LogP contribution in [0.1, 0.15) is 5.82 Å². The smallest absolute Gasteiger partial charge is 0.240 e. The van der Waals surface area contributed by atoms with Gasteiger partial charge >= 0.3 is 0 Å². The highest BCUT2D eigenvalue weighted by Crippen LogP contribution is 2.26. The maximum atomic E-state index is 11.9. The zero-order valence-corrected chi connectivity index (χ0v) is 13.1. The number of aromatic nitrogens is 2. The molecule has 0 saturated heterocycles. The zero-order chi connectivity index (χ0) is 15.6. The first-order valence-corrected chi connectivity index (χ1v) is 7.84. The molecule has 0 spiro atoms. The second kappa shape index (κ2) is 5.74. The number of nitrogens with two attached hydrogens (primary N) is 1. The molecule has 0 fully saturated rings. The highest BCUT2D eigenvalue weighted by atomic mass is 32.2. The second-order valence-corrected chi connectivity index (χ2v) is 6.63. The first-order valence-electron chi connectivity index (χ1n) is 6.35. The minimum atomic E-state index is -3.49. The fraction of sp³-hybridized carbons (Fsp3) is 0.308. The minimum Gasteiger partial charge on any atom is -0.397 e. The number of nitrogens with one attached hydrogen (secondary N) is 1. The zero-order valence-electron chi connectivity index (χ0n) is 12.2. The number of rotatable bonds is 5. The topological polar surface area (TPSA) is 93.2 Å². The number of anilines is 2. The Hall–Kier alpha value is -2.06. The van der Waals surface area contributed by atoms with Gasteiger partial charge in [-0.3, -0.25) is 0 Å². The molecule has 0 bridgehead atoms. The van der Waals surface area contributed by atoms with E-state index in [1.165, 1.54) is 13.1 Å². The van der Waals surface area contributed by atoms with Crippen molar-refractivity contribution in [1.29, 1.82) is 0 Å². The van der Waals surface area contributed by atoms with Gasteiger partial charge in [0, 0.05) is 26.5 Å². The van der Waals surface area contributed by atoms with Gasteiger partial charge in [-0.05, 0) is 25.2 Å². The third-order valence-corrected chi connectivity index (χ3v) is 4.70. The van der Waals surface area contributed by atoms with Crippen molar-refractivity contribution < 1.29 is 8.42 Å². The Morgan fingerprint density at radius 2 is 2.14 bits per heavy atom. The Kier molecular flexibility index (Phi) is 4.19. The molecule has 2 rings (SSSR count). The summed E-state index contributed by atoms with van der Waals surface area (Å²) < 4.78 is 27.9. The summed E-state index contributed by atoms with van der Waals surface area (Å²) in [6, 6.07) is 4.64. The number of hydrogen-bond acceptors (Lipinski definition) is 5. The number of hydrogen-bond donors (Lipinski definition) is 2. The molecule has 1 aromatic carbocycles. The van der Waals surface area contributed by atoms with Gasteiger partial charge in [0.15, 0.2) is 0 Å². The molecule has 1 aromatic heterocycles. The first-order chi connectivity index (χ1) is 9.85. The van der Waals surface area contributed by atoms with Crippen molar-refractivity contribution in [2.75, 3.05) is 24.7 Å². The van der Waals surface area contributed by atoms with Crippen LogP contribution in [0, 0.1) is 0 Å². The van der Waals surface area contributed by atoms with Gasteiger partial charge in [-0.1, -0.05) is 0 Å². The monoisotopic (exact) mass is 309 g/mol. The third kappa shape index (κ3) is 3.17. The van der Waals surface area contributed by atoms with Crippen molar-refractivity contribution in [1.82, 2.24) is 14.3 Å². The summed E-state index contributed by atoms with van der Waals surface area (Å²) in [5, 5.41) is 0. The third-order valence-electron chi connectivity index (χ3n) is 3.29. The van der Waals surface area contributed by atoms with Gasteiger partial charge in [-0.15, -0.1) is 0 Å². The maximum absolute atomic E-state index is 11.9. The molecular formula is C13H19N5O2S. The van der Waals surface area contributed by atoms with Crippen molar-refractivity contribution in [2.24, 2.45) is 7.05 Å². The fourth-order valence-electron chi connectivity index (χ4n) is 1.99. The van der Waals surface area contributed by atoms with E-state index in [0.717, 1.165) is 5.82 Å². The number of benzene rings is 1. The molecule has 0 amide bonds. The molecule has 2 aromatic rings. The lowest BCUT2D eigenvalue weighted by atomic mass is 10.2. The van der Waals surface area contributed by atoms with Crippen LogP contribution < -0.4 is 15.4 Å². The van der Waals surface area contributed by atoms with Gasteiger partial charge < -0.3 is 15.2 Å². The van der Waals surface area contributed by atoms with Gasteiger partial charge in [0.25, 0.3) is 0 Å². The predicted octanol–water partition coefficient (Wildman–Crippen LogP) is 0.547. The van der Waals surface area contributed by atoms with Crippen LogP contribution in [-0.2, 0) is 23.6 Å². The highest BCUT2D eigenvalue weighted by Gasteiger charge is 2.16. The number of sulfonamides is 1. The van der Waals surface area contributed by atoms with Crippen molar-refractivity contribution in [3.63, 3.8) is 0 Å². The lowest BCUT2D eigenvalue weighted by molar-refractivity contribution is 0.588. The quantitative estimate of drug-likeness (QED) is 0.787. The van der Waals surface area contributed by atoms with E-state index < -0.39 is 10.0 Å². The van der Waals surface area contributed by atoms with E-state index >= 15 is 0 Å². The van der Waals surface area contributed by atoms with Crippen molar-refractivity contribution in [2.45, 2.75) is 11.4 Å². The lowest BCUT2D eigenvalue weighted by Crippen LogP contribution is -2.22. The molecule has 114 valence electrons. The van der Waals surface area contributed by atoms with Crippen LogP contribution in [-0.4, -0.2) is 32.1 Å². The Morgan fingerprint density at radius 3 is 2.71 bits per heavy atom. The van der Waals surface area contributed by atoms with E-state index in [1.54, 1.807) is 18.3 Å². The van der Waals surface area contributed by atoms with Crippen molar-refractivity contribution in [3.05, 3.63) is 36.4 Å². The molecule has 8 heteroatoms. The fourth-order valence-corrected chi connectivity index (χ4v) is 2.73. The van der Waals surface area contributed by atoms with E-state index in [2.05, 4.69) is 9.71 Å². The Balaban J connectivity index is 2.35. The largest absolute Gasteiger partial charge is 0.397 e. The summed E-state index contributed by atoms with van der Waals surface area (Å²) in [7, 11) is 1.63. The number of aryl methyl sites for hydroxylation is 1.